The number of hydrogen-bond acceptors (Lipinski definition) is 7. The summed E-state index contributed by atoms with van der Waals surface area (Å²) in [4.78, 5) is 27.5. The largest absolute Gasteiger partial charge is 0.493 e. The number of aromatic nitrogens is 1. The minimum absolute atomic E-state index is 0.0160. The highest BCUT2D eigenvalue weighted by atomic mass is 16.5. The summed E-state index contributed by atoms with van der Waals surface area (Å²) < 4.78 is 21.5. The van der Waals surface area contributed by atoms with E-state index in [0.29, 0.717) is 28.3 Å². The van der Waals surface area contributed by atoms with Gasteiger partial charge in [0.25, 0.3) is 0 Å². The highest BCUT2D eigenvalue weighted by Crippen LogP contribution is 2.40. The molecule has 1 heterocycles. The Kier molecular flexibility index (Phi) is 6.51. The standard InChI is InChI=1S/C23H23NO6/c1-14(25)29-12-17-9-16-10-21(27-3)22(28-4)11-18(16)23(19(17)13-30-15(2)26)20-7-5-6-8-24-20/h5-11H,12-13H2,1-4H3. The van der Waals surface area contributed by atoms with Gasteiger partial charge in [0.2, 0.25) is 0 Å². The van der Waals surface area contributed by atoms with Crippen LogP contribution in [0, 0.1) is 0 Å². The van der Waals surface area contributed by atoms with Crippen LogP contribution in [-0.2, 0) is 32.3 Å². The normalized spacial score (nSPS) is 10.5. The molecule has 156 valence electrons. The van der Waals surface area contributed by atoms with E-state index in [1.165, 1.54) is 13.8 Å². The number of methoxy groups -OCH3 is 2. The van der Waals surface area contributed by atoms with Crippen LogP contribution in [0.15, 0.2) is 42.6 Å². The number of benzene rings is 2. The van der Waals surface area contributed by atoms with Crippen LogP contribution in [0.2, 0.25) is 0 Å². The van der Waals surface area contributed by atoms with Crippen LogP contribution >= 0.6 is 0 Å². The molecule has 1 aromatic heterocycles. The zero-order valence-corrected chi connectivity index (χ0v) is 17.4. The monoisotopic (exact) mass is 409 g/mol. The van der Waals surface area contributed by atoms with Crippen molar-refractivity contribution in [2.75, 3.05) is 14.2 Å². The summed E-state index contributed by atoms with van der Waals surface area (Å²) in [7, 11) is 3.14. The van der Waals surface area contributed by atoms with Gasteiger partial charge in [0.15, 0.2) is 11.5 Å². The van der Waals surface area contributed by atoms with E-state index in [4.69, 9.17) is 18.9 Å². The number of rotatable bonds is 7. The number of hydrogen-bond donors (Lipinski definition) is 0. The molecule has 3 rings (SSSR count). The first-order valence-electron chi connectivity index (χ1n) is 9.33. The molecular weight excluding hydrogens is 386 g/mol. The second-order valence-corrected chi connectivity index (χ2v) is 6.59. The number of pyridine rings is 1. The van der Waals surface area contributed by atoms with Gasteiger partial charge in [0.05, 0.1) is 19.9 Å². The number of ether oxygens (including phenoxy) is 4. The summed E-state index contributed by atoms with van der Waals surface area (Å²) in [6, 6.07) is 11.2. The zero-order chi connectivity index (χ0) is 21.7. The molecule has 0 radical (unpaired) electrons. The fourth-order valence-corrected chi connectivity index (χ4v) is 3.28. The third-order valence-corrected chi connectivity index (χ3v) is 4.62. The number of carbonyl (C=O) groups is 2. The molecule has 0 amide bonds. The fourth-order valence-electron chi connectivity index (χ4n) is 3.28. The predicted molar refractivity (Wildman–Crippen MR) is 111 cm³/mol. The molecule has 7 nitrogen and oxygen atoms in total. The summed E-state index contributed by atoms with van der Waals surface area (Å²) in [5, 5.41) is 1.70. The zero-order valence-electron chi connectivity index (χ0n) is 17.4. The molecule has 0 unspecified atom stereocenters. The summed E-state index contributed by atoms with van der Waals surface area (Å²) in [6.45, 7) is 2.75. The van der Waals surface area contributed by atoms with Gasteiger partial charge in [-0.05, 0) is 46.7 Å². The molecule has 30 heavy (non-hydrogen) atoms. The highest BCUT2D eigenvalue weighted by Gasteiger charge is 2.20. The van der Waals surface area contributed by atoms with E-state index in [1.54, 1.807) is 20.4 Å². The molecule has 0 N–H and O–H groups in total. The average Bonchev–Trinajstić information content (AvgIpc) is 2.74. The maximum atomic E-state index is 11.5. The lowest BCUT2D eigenvalue weighted by atomic mass is 9.91. The second-order valence-electron chi connectivity index (χ2n) is 6.59. The van der Waals surface area contributed by atoms with Crippen molar-refractivity contribution >= 4 is 22.7 Å². The van der Waals surface area contributed by atoms with E-state index in [9.17, 15) is 9.59 Å². The molecule has 7 heteroatoms. The van der Waals surface area contributed by atoms with E-state index in [0.717, 1.165) is 16.3 Å². The number of carbonyl (C=O) groups excluding carboxylic acids is 2. The maximum absolute atomic E-state index is 11.5. The van der Waals surface area contributed by atoms with E-state index in [-0.39, 0.29) is 13.2 Å². The lowest BCUT2D eigenvalue weighted by Gasteiger charge is -2.19. The van der Waals surface area contributed by atoms with Crippen molar-refractivity contribution in [3.8, 4) is 22.8 Å². The average molecular weight is 409 g/mol. The van der Waals surface area contributed by atoms with Crippen LogP contribution in [0.3, 0.4) is 0 Å². The van der Waals surface area contributed by atoms with Gasteiger partial charge in [0.1, 0.15) is 13.2 Å². The molecular formula is C23H23NO6. The molecule has 0 aliphatic rings. The molecule has 3 aromatic rings. The molecule has 0 aliphatic carbocycles. The van der Waals surface area contributed by atoms with E-state index >= 15 is 0 Å². The number of fused-ring (bicyclic) bond motifs is 1. The topological polar surface area (TPSA) is 84.0 Å². The Balaban J connectivity index is 2.35. The van der Waals surface area contributed by atoms with Crippen molar-refractivity contribution < 1.29 is 28.5 Å². The van der Waals surface area contributed by atoms with Gasteiger partial charge in [-0.2, -0.15) is 0 Å². The van der Waals surface area contributed by atoms with Crippen molar-refractivity contribution in [3.05, 3.63) is 53.7 Å². The quantitative estimate of drug-likeness (QED) is 0.545. The first kappa shape index (κ1) is 21.1. The Morgan fingerprint density at radius 2 is 1.57 bits per heavy atom. The lowest BCUT2D eigenvalue weighted by Crippen LogP contribution is -2.08. The van der Waals surface area contributed by atoms with Crippen LogP contribution in [-0.4, -0.2) is 31.1 Å². The molecule has 0 spiro atoms. The van der Waals surface area contributed by atoms with Crippen molar-refractivity contribution in [1.29, 1.82) is 0 Å². The molecule has 0 atom stereocenters. The third-order valence-electron chi connectivity index (χ3n) is 4.62. The first-order valence-corrected chi connectivity index (χ1v) is 9.33. The third kappa shape index (κ3) is 4.51. The second kappa shape index (κ2) is 9.26. The van der Waals surface area contributed by atoms with Gasteiger partial charge in [-0.15, -0.1) is 0 Å². The smallest absolute Gasteiger partial charge is 0.302 e. The first-order chi connectivity index (χ1) is 14.4. The van der Waals surface area contributed by atoms with Crippen molar-refractivity contribution in [2.45, 2.75) is 27.1 Å². The van der Waals surface area contributed by atoms with Crippen molar-refractivity contribution in [2.24, 2.45) is 0 Å². The van der Waals surface area contributed by atoms with Gasteiger partial charge in [-0.25, -0.2) is 0 Å². The summed E-state index contributed by atoms with van der Waals surface area (Å²) in [6.07, 6.45) is 1.69. The van der Waals surface area contributed by atoms with Gasteiger partial charge in [-0.1, -0.05) is 6.07 Å². The van der Waals surface area contributed by atoms with Crippen molar-refractivity contribution in [1.82, 2.24) is 4.98 Å². The van der Waals surface area contributed by atoms with Gasteiger partial charge >= 0.3 is 11.9 Å². The minimum atomic E-state index is -0.409. The summed E-state index contributed by atoms with van der Waals surface area (Å²) >= 11 is 0. The maximum Gasteiger partial charge on any atom is 0.302 e. The van der Waals surface area contributed by atoms with Crippen LogP contribution in [0.5, 0.6) is 11.5 Å². The van der Waals surface area contributed by atoms with Crippen molar-refractivity contribution in [3.63, 3.8) is 0 Å². The van der Waals surface area contributed by atoms with E-state index in [1.807, 2.05) is 36.4 Å². The molecule has 2 aromatic carbocycles. The number of esters is 2. The van der Waals surface area contributed by atoms with Gasteiger partial charge < -0.3 is 18.9 Å². The molecule has 0 saturated carbocycles. The van der Waals surface area contributed by atoms with E-state index in [2.05, 4.69) is 4.98 Å². The predicted octanol–water partition coefficient (Wildman–Crippen LogP) is 4.05. The Morgan fingerprint density at radius 1 is 0.900 bits per heavy atom. The van der Waals surface area contributed by atoms with Crippen LogP contribution in [0.25, 0.3) is 22.0 Å². The molecule has 0 saturated heterocycles. The van der Waals surface area contributed by atoms with Crippen LogP contribution in [0.4, 0.5) is 0 Å². The van der Waals surface area contributed by atoms with Crippen LogP contribution < -0.4 is 9.47 Å². The van der Waals surface area contributed by atoms with Crippen LogP contribution in [0.1, 0.15) is 25.0 Å². The Hall–Kier alpha value is -3.61. The Labute approximate surface area is 174 Å². The minimum Gasteiger partial charge on any atom is -0.493 e. The lowest BCUT2D eigenvalue weighted by molar-refractivity contribution is -0.143. The number of nitrogens with zero attached hydrogens (tertiary/aromatic N) is 1. The molecule has 0 bridgehead atoms. The van der Waals surface area contributed by atoms with Gasteiger partial charge in [-0.3, -0.25) is 14.6 Å². The molecule has 0 aliphatic heterocycles. The molecule has 0 fully saturated rings. The fraction of sp³-hybridized carbons (Fsp3) is 0.261. The van der Waals surface area contributed by atoms with Gasteiger partial charge in [0, 0.05) is 31.2 Å². The SMILES string of the molecule is COc1cc2cc(COC(C)=O)c(COC(C)=O)c(-c3ccccn3)c2cc1OC. The van der Waals surface area contributed by atoms with E-state index < -0.39 is 11.9 Å². The summed E-state index contributed by atoms with van der Waals surface area (Å²) in [5.74, 6) is 0.324. The Bertz CT molecular complexity index is 1080. The highest BCUT2D eigenvalue weighted by molar-refractivity contribution is 6.00. The summed E-state index contributed by atoms with van der Waals surface area (Å²) in [5.41, 5.74) is 2.90. The Morgan fingerprint density at radius 3 is 2.17 bits per heavy atom.